The highest BCUT2D eigenvalue weighted by atomic mass is 16.5. The molecular weight excluding hydrogens is 154 g/mol. The molecule has 0 saturated heterocycles. The maximum Gasteiger partial charge on any atom is 0.409 e. The standard InChI is InChI=1S/C9H15NO2/c1-7-4-5-10(6-8(7)2)9(11)12-3/h4-6H2,1-3H3. The van der Waals surface area contributed by atoms with E-state index in [1.165, 1.54) is 18.3 Å². The Balaban J connectivity index is 2.60. The molecule has 0 radical (unpaired) electrons. The molecule has 1 rings (SSSR count). The van der Waals surface area contributed by atoms with E-state index in [-0.39, 0.29) is 6.09 Å². The molecule has 0 N–H and O–H groups in total. The third-order valence-corrected chi connectivity index (χ3v) is 2.35. The van der Waals surface area contributed by atoms with Gasteiger partial charge in [-0.05, 0) is 20.3 Å². The zero-order valence-corrected chi connectivity index (χ0v) is 7.89. The van der Waals surface area contributed by atoms with Crippen LogP contribution in [0.25, 0.3) is 0 Å². The highest BCUT2D eigenvalue weighted by molar-refractivity contribution is 5.68. The lowest BCUT2D eigenvalue weighted by molar-refractivity contribution is 0.125. The molecule has 0 aliphatic carbocycles. The molecule has 0 spiro atoms. The Hall–Kier alpha value is -0.990. The quantitative estimate of drug-likeness (QED) is 0.517. The summed E-state index contributed by atoms with van der Waals surface area (Å²) in [5.74, 6) is 0. The summed E-state index contributed by atoms with van der Waals surface area (Å²) in [4.78, 5) is 12.8. The molecule has 3 nitrogen and oxygen atoms in total. The highest BCUT2D eigenvalue weighted by Crippen LogP contribution is 2.16. The summed E-state index contributed by atoms with van der Waals surface area (Å²) >= 11 is 0. The topological polar surface area (TPSA) is 29.5 Å². The summed E-state index contributed by atoms with van der Waals surface area (Å²) in [5, 5.41) is 0. The third-order valence-electron chi connectivity index (χ3n) is 2.35. The van der Waals surface area contributed by atoms with Crippen LogP contribution in [0.1, 0.15) is 20.3 Å². The lowest BCUT2D eigenvalue weighted by Gasteiger charge is -2.27. The Morgan fingerprint density at radius 3 is 2.58 bits per heavy atom. The van der Waals surface area contributed by atoms with Crippen molar-refractivity contribution in [3.63, 3.8) is 0 Å². The highest BCUT2D eigenvalue weighted by Gasteiger charge is 2.18. The molecule has 1 heterocycles. The largest absolute Gasteiger partial charge is 0.453 e. The number of rotatable bonds is 0. The molecule has 12 heavy (non-hydrogen) atoms. The predicted octanol–water partition coefficient (Wildman–Crippen LogP) is 1.79. The van der Waals surface area contributed by atoms with E-state index in [0.29, 0.717) is 0 Å². The van der Waals surface area contributed by atoms with E-state index in [1.54, 1.807) is 4.90 Å². The van der Waals surface area contributed by atoms with Crippen molar-refractivity contribution in [1.82, 2.24) is 4.90 Å². The first-order chi connectivity index (χ1) is 5.65. The van der Waals surface area contributed by atoms with Crippen molar-refractivity contribution in [2.45, 2.75) is 20.3 Å². The molecule has 0 fully saturated rings. The molecule has 1 aliphatic heterocycles. The minimum absolute atomic E-state index is 0.221. The molecule has 0 aromatic heterocycles. The van der Waals surface area contributed by atoms with Gasteiger partial charge < -0.3 is 9.64 Å². The summed E-state index contributed by atoms with van der Waals surface area (Å²) in [6.07, 6.45) is 0.753. The Bertz CT molecular complexity index is 221. The lowest BCUT2D eigenvalue weighted by atomic mass is 10.0. The zero-order valence-electron chi connectivity index (χ0n) is 7.89. The van der Waals surface area contributed by atoms with Crippen LogP contribution in [-0.2, 0) is 4.74 Å². The van der Waals surface area contributed by atoms with Gasteiger partial charge in [0.05, 0.1) is 7.11 Å². The van der Waals surface area contributed by atoms with E-state index in [2.05, 4.69) is 18.6 Å². The van der Waals surface area contributed by atoms with Crippen LogP contribution in [0, 0.1) is 0 Å². The van der Waals surface area contributed by atoms with Crippen LogP contribution in [-0.4, -0.2) is 31.2 Å². The minimum atomic E-state index is -0.221. The molecule has 0 aromatic rings. The Morgan fingerprint density at radius 1 is 1.42 bits per heavy atom. The van der Waals surface area contributed by atoms with Crippen molar-refractivity contribution >= 4 is 6.09 Å². The Labute approximate surface area is 73.0 Å². The third kappa shape index (κ3) is 1.78. The van der Waals surface area contributed by atoms with Gasteiger partial charge in [-0.15, -0.1) is 0 Å². The number of ether oxygens (including phenoxy) is 1. The molecule has 0 unspecified atom stereocenters. The van der Waals surface area contributed by atoms with Gasteiger partial charge in [0.1, 0.15) is 0 Å². The molecular formula is C9H15NO2. The van der Waals surface area contributed by atoms with Crippen LogP contribution >= 0.6 is 0 Å². The maximum atomic E-state index is 11.1. The smallest absolute Gasteiger partial charge is 0.409 e. The number of carbonyl (C=O) groups is 1. The van der Waals surface area contributed by atoms with Crippen molar-refractivity contribution in [2.75, 3.05) is 20.2 Å². The fraction of sp³-hybridized carbons (Fsp3) is 0.667. The van der Waals surface area contributed by atoms with Crippen LogP contribution in [0.5, 0.6) is 0 Å². The first-order valence-corrected chi connectivity index (χ1v) is 4.13. The van der Waals surface area contributed by atoms with Gasteiger partial charge in [-0.25, -0.2) is 4.79 Å². The first kappa shape index (κ1) is 9.10. The second-order valence-electron chi connectivity index (χ2n) is 3.20. The summed E-state index contributed by atoms with van der Waals surface area (Å²) in [6.45, 7) is 5.68. The maximum absolute atomic E-state index is 11.1. The van der Waals surface area contributed by atoms with E-state index in [4.69, 9.17) is 0 Å². The van der Waals surface area contributed by atoms with Gasteiger partial charge in [-0.3, -0.25) is 0 Å². The lowest BCUT2D eigenvalue weighted by Crippen LogP contribution is -2.36. The molecule has 1 aliphatic rings. The van der Waals surface area contributed by atoms with E-state index < -0.39 is 0 Å². The molecule has 0 bridgehead atoms. The van der Waals surface area contributed by atoms with Crippen molar-refractivity contribution in [3.8, 4) is 0 Å². The number of hydrogen-bond donors (Lipinski definition) is 0. The number of carbonyl (C=O) groups excluding carboxylic acids is 1. The number of amides is 1. The van der Waals surface area contributed by atoms with E-state index in [0.717, 1.165) is 19.5 Å². The second kappa shape index (κ2) is 3.61. The van der Waals surface area contributed by atoms with Crippen molar-refractivity contribution < 1.29 is 9.53 Å². The monoisotopic (exact) mass is 169 g/mol. The fourth-order valence-corrected chi connectivity index (χ4v) is 1.30. The van der Waals surface area contributed by atoms with Crippen LogP contribution in [0.3, 0.4) is 0 Å². The van der Waals surface area contributed by atoms with E-state index in [1.807, 2.05) is 0 Å². The van der Waals surface area contributed by atoms with Gasteiger partial charge in [0, 0.05) is 13.1 Å². The van der Waals surface area contributed by atoms with Crippen LogP contribution in [0.2, 0.25) is 0 Å². The van der Waals surface area contributed by atoms with E-state index in [9.17, 15) is 4.79 Å². The van der Waals surface area contributed by atoms with Gasteiger partial charge in [-0.1, -0.05) is 11.1 Å². The molecule has 0 saturated carbocycles. The molecule has 1 amide bonds. The summed E-state index contributed by atoms with van der Waals surface area (Å²) < 4.78 is 4.64. The molecule has 3 heteroatoms. The van der Waals surface area contributed by atoms with Gasteiger partial charge in [0.25, 0.3) is 0 Å². The fourth-order valence-electron chi connectivity index (χ4n) is 1.30. The summed E-state index contributed by atoms with van der Waals surface area (Å²) in [5.41, 5.74) is 2.68. The first-order valence-electron chi connectivity index (χ1n) is 4.13. The zero-order chi connectivity index (χ0) is 9.14. The summed E-state index contributed by atoms with van der Waals surface area (Å²) in [7, 11) is 1.42. The molecule has 68 valence electrons. The second-order valence-corrected chi connectivity index (χ2v) is 3.20. The number of nitrogens with zero attached hydrogens (tertiary/aromatic N) is 1. The van der Waals surface area contributed by atoms with Crippen LogP contribution in [0.4, 0.5) is 4.79 Å². The van der Waals surface area contributed by atoms with Gasteiger partial charge in [0.2, 0.25) is 0 Å². The van der Waals surface area contributed by atoms with Gasteiger partial charge in [0.15, 0.2) is 0 Å². The predicted molar refractivity (Wildman–Crippen MR) is 47.0 cm³/mol. The average molecular weight is 169 g/mol. The molecule has 0 aromatic carbocycles. The van der Waals surface area contributed by atoms with Crippen molar-refractivity contribution in [3.05, 3.63) is 11.1 Å². The van der Waals surface area contributed by atoms with Gasteiger partial charge in [-0.2, -0.15) is 0 Å². The van der Waals surface area contributed by atoms with Crippen LogP contribution in [0.15, 0.2) is 11.1 Å². The Kier molecular flexibility index (Phi) is 2.74. The van der Waals surface area contributed by atoms with Crippen molar-refractivity contribution in [2.24, 2.45) is 0 Å². The SMILES string of the molecule is COC(=O)N1CCC(C)=C(C)C1. The van der Waals surface area contributed by atoms with Crippen LogP contribution < -0.4 is 0 Å². The van der Waals surface area contributed by atoms with E-state index >= 15 is 0 Å². The van der Waals surface area contributed by atoms with Crippen molar-refractivity contribution in [1.29, 1.82) is 0 Å². The number of hydrogen-bond acceptors (Lipinski definition) is 2. The summed E-state index contributed by atoms with van der Waals surface area (Å²) in [6, 6.07) is 0. The minimum Gasteiger partial charge on any atom is -0.453 e. The van der Waals surface area contributed by atoms with Gasteiger partial charge >= 0.3 is 6.09 Å². The normalized spacial score (nSPS) is 18.1. The Morgan fingerprint density at radius 2 is 2.08 bits per heavy atom. The average Bonchev–Trinajstić information content (AvgIpc) is 2.08. The molecule has 0 atom stereocenters. The number of methoxy groups -OCH3 is 1.